The molecule has 0 aliphatic carbocycles. The zero-order valence-electron chi connectivity index (χ0n) is 16.7. The number of hydrogen-bond acceptors (Lipinski definition) is 8. The van der Waals surface area contributed by atoms with Crippen LogP contribution >= 0.6 is 0 Å². The van der Waals surface area contributed by atoms with Gasteiger partial charge >= 0.3 is 0 Å². The summed E-state index contributed by atoms with van der Waals surface area (Å²) in [5.41, 5.74) is 2.01. The van der Waals surface area contributed by atoms with Gasteiger partial charge in [0, 0.05) is 24.8 Å². The summed E-state index contributed by atoms with van der Waals surface area (Å²) in [5.74, 6) is 3.33. The summed E-state index contributed by atoms with van der Waals surface area (Å²) in [4.78, 5) is 16.1. The van der Waals surface area contributed by atoms with E-state index in [0.717, 1.165) is 48.8 Å². The Labute approximate surface area is 169 Å². The van der Waals surface area contributed by atoms with Crippen LogP contribution in [-0.2, 0) is 17.9 Å². The van der Waals surface area contributed by atoms with E-state index in [-0.39, 0.29) is 0 Å². The second kappa shape index (κ2) is 9.11. The minimum Gasteiger partial charge on any atom is -0.497 e. The maximum atomic E-state index is 5.30. The Kier molecular flexibility index (Phi) is 6.12. The van der Waals surface area contributed by atoms with E-state index in [2.05, 4.69) is 20.0 Å². The van der Waals surface area contributed by atoms with Crippen molar-refractivity contribution in [1.29, 1.82) is 0 Å². The van der Waals surface area contributed by atoms with Gasteiger partial charge in [-0.1, -0.05) is 5.16 Å². The van der Waals surface area contributed by atoms with Crippen LogP contribution < -0.4 is 4.74 Å². The number of likely N-dealkylation sites (tertiary alicyclic amines) is 1. The summed E-state index contributed by atoms with van der Waals surface area (Å²) in [7, 11) is 3.29. The summed E-state index contributed by atoms with van der Waals surface area (Å²) in [5, 5.41) is 3.92. The topological polar surface area (TPSA) is 86.4 Å². The molecule has 8 heteroatoms. The van der Waals surface area contributed by atoms with Gasteiger partial charge in [-0.15, -0.1) is 0 Å². The zero-order valence-corrected chi connectivity index (χ0v) is 16.7. The van der Waals surface area contributed by atoms with Gasteiger partial charge in [0.15, 0.2) is 5.82 Å². The van der Waals surface area contributed by atoms with Crippen LogP contribution in [0, 0.1) is 0 Å². The summed E-state index contributed by atoms with van der Waals surface area (Å²) in [6, 6.07) is 9.90. The van der Waals surface area contributed by atoms with Gasteiger partial charge in [0.05, 0.1) is 19.3 Å². The molecule has 1 fully saturated rings. The van der Waals surface area contributed by atoms with E-state index in [0.29, 0.717) is 30.8 Å². The van der Waals surface area contributed by atoms with Gasteiger partial charge in [0.1, 0.15) is 18.2 Å². The van der Waals surface area contributed by atoms with Gasteiger partial charge in [-0.05, 0) is 56.3 Å². The van der Waals surface area contributed by atoms with Crippen molar-refractivity contribution in [2.24, 2.45) is 0 Å². The first kappa shape index (κ1) is 19.5. The fourth-order valence-corrected chi connectivity index (χ4v) is 3.58. The maximum absolute atomic E-state index is 5.30. The number of aromatic nitrogens is 4. The lowest BCUT2D eigenvalue weighted by Crippen LogP contribution is -2.33. The number of ether oxygens (including phenoxy) is 2. The lowest BCUT2D eigenvalue weighted by atomic mass is 9.95. The van der Waals surface area contributed by atoms with Gasteiger partial charge in [0.25, 0.3) is 0 Å². The molecule has 0 amide bonds. The van der Waals surface area contributed by atoms with Crippen LogP contribution in [0.15, 0.2) is 41.1 Å². The van der Waals surface area contributed by atoms with Crippen molar-refractivity contribution in [3.63, 3.8) is 0 Å². The lowest BCUT2D eigenvalue weighted by molar-refractivity contribution is 0.172. The van der Waals surface area contributed by atoms with Crippen LogP contribution in [0.2, 0.25) is 0 Å². The highest BCUT2D eigenvalue weighted by Gasteiger charge is 2.24. The molecule has 8 nitrogen and oxygen atoms in total. The highest BCUT2D eigenvalue weighted by molar-refractivity contribution is 5.59. The predicted octanol–water partition coefficient (Wildman–Crippen LogP) is 3.06. The first-order chi connectivity index (χ1) is 14.2. The Hall–Kier alpha value is -2.84. The number of hydrogen-bond donors (Lipinski definition) is 0. The second-order valence-electron chi connectivity index (χ2n) is 7.12. The fraction of sp³-hybridized carbons (Fsp3) is 0.429. The summed E-state index contributed by atoms with van der Waals surface area (Å²) < 4.78 is 15.6. The highest BCUT2D eigenvalue weighted by atomic mass is 16.5. The monoisotopic (exact) mass is 395 g/mol. The number of nitrogens with zero attached hydrogens (tertiary/aromatic N) is 5. The highest BCUT2D eigenvalue weighted by Crippen LogP contribution is 2.28. The van der Waals surface area contributed by atoms with Crippen molar-refractivity contribution >= 4 is 0 Å². The molecule has 1 aliphatic rings. The van der Waals surface area contributed by atoms with Crippen molar-refractivity contribution in [3.05, 3.63) is 54.1 Å². The van der Waals surface area contributed by atoms with Gasteiger partial charge in [0.2, 0.25) is 5.89 Å². The minimum absolute atomic E-state index is 0.358. The normalized spacial score (nSPS) is 15.5. The zero-order chi connectivity index (χ0) is 20.1. The van der Waals surface area contributed by atoms with Crippen LogP contribution in [0.4, 0.5) is 0 Å². The van der Waals surface area contributed by atoms with Gasteiger partial charge in [-0.3, -0.25) is 4.90 Å². The Balaban J connectivity index is 1.36. The molecule has 4 rings (SSSR count). The molecule has 1 aromatic carbocycles. The molecule has 0 radical (unpaired) electrons. The Bertz CT molecular complexity index is 920. The van der Waals surface area contributed by atoms with E-state index < -0.39 is 0 Å². The number of methoxy groups -OCH3 is 2. The average Bonchev–Trinajstić information content (AvgIpc) is 3.21. The smallest absolute Gasteiger partial charge is 0.240 e. The van der Waals surface area contributed by atoms with E-state index in [1.54, 1.807) is 14.2 Å². The largest absolute Gasteiger partial charge is 0.497 e. The maximum Gasteiger partial charge on any atom is 0.240 e. The standard InChI is InChI=1S/C21H25N5O3/c1-27-14-19-24-20(29-25-19)13-26-11-8-16(9-12-26)21-22-10-7-18(23-21)15-3-5-17(28-2)6-4-15/h3-7,10,16H,8-9,11-14H2,1-2H3. The molecule has 0 atom stereocenters. The third kappa shape index (κ3) is 4.78. The van der Waals surface area contributed by atoms with Crippen molar-refractivity contribution < 1.29 is 14.0 Å². The average molecular weight is 395 g/mol. The molecule has 0 spiro atoms. The summed E-state index contributed by atoms with van der Waals surface area (Å²) in [6.45, 7) is 2.93. The molecule has 3 heterocycles. The molecular weight excluding hydrogens is 370 g/mol. The summed E-state index contributed by atoms with van der Waals surface area (Å²) >= 11 is 0. The van der Waals surface area contributed by atoms with Crippen LogP contribution in [0.25, 0.3) is 11.3 Å². The number of piperidine rings is 1. The molecule has 0 unspecified atom stereocenters. The van der Waals surface area contributed by atoms with E-state index >= 15 is 0 Å². The molecule has 1 aliphatic heterocycles. The Morgan fingerprint density at radius 3 is 2.59 bits per heavy atom. The molecule has 2 aromatic heterocycles. The Morgan fingerprint density at radius 2 is 1.86 bits per heavy atom. The van der Waals surface area contributed by atoms with E-state index in [1.165, 1.54) is 0 Å². The van der Waals surface area contributed by atoms with Crippen molar-refractivity contribution in [2.45, 2.75) is 31.9 Å². The number of benzene rings is 1. The Morgan fingerprint density at radius 1 is 1.07 bits per heavy atom. The molecule has 0 bridgehead atoms. The second-order valence-corrected chi connectivity index (χ2v) is 7.12. The predicted molar refractivity (Wildman–Crippen MR) is 106 cm³/mol. The van der Waals surface area contributed by atoms with Crippen LogP contribution in [0.1, 0.15) is 36.3 Å². The van der Waals surface area contributed by atoms with Crippen LogP contribution in [-0.4, -0.2) is 52.3 Å². The first-order valence-electron chi connectivity index (χ1n) is 9.75. The third-order valence-corrected chi connectivity index (χ3v) is 5.16. The van der Waals surface area contributed by atoms with E-state index in [1.807, 2.05) is 36.5 Å². The summed E-state index contributed by atoms with van der Waals surface area (Å²) in [6.07, 6.45) is 3.86. The molecule has 0 N–H and O–H groups in total. The lowest BCUT2D eigenvalue weighted by Gasteiger charge is -2.30. The van der Waals surface area contributed by atoms with Crippen LogP contribution in [0.3, 0.4) is 0 Å². The SMILES string of the molecule is COCc1noc(CN2CCC(c3nccc(-c4ccc(OC)cc4)n3)CC2)n1. The van der Waals surface area contributed by atoms with E-state index in [4.69, 9.17) is 19.0 Å². The van der Waals surface area contributed by atoms with Crippen LogP contribution in [0.5, 0.6) is 5.75 Å². The van der Waals surface area contributed by atoms with Gasteiger partial charge < -0.3 is 14.0 Å². The van der Waals surface area contributed by atoms with Gasteiger partial charge in [-0.25, -0.2) is 9.97 Å². The molecule has 152 valence electrons. The molecule has 1 saturated heterocycles. The van der Waals surface area contributed by atoms with Crippen molar-refractivity contribution in [2.75, 3.05) is 27.3 Å². The number of rotatable bonds is 7. The van der Waals surface area contributed by atoms with Crippen molar-refractivity contribution in [3.8, 4) is 17.0 Å². The minimum atomic E-state index is 0.358. The third-order valence-electron chi connectivity index (χ3n) is 5.16. The molecule has 3 aromatic rings. The molecule has 29 heavy (non-hydrogen) atoms. The van der Waals surface area contributed by atoms with E-state index in [9.17, 15) is 0 Å². The first-order valence-corrected chi connectivity index (χ1v) is 9.75. The fourth-order valence-electron chi connectivity index (χ4n) is 3.58. The quantitative estimate of drug-likeness (QED) is 0.603. The van der Waals surface area contributed by atoms with Crippen molar-refractivity contribution in [1.82, 2.24) is 25.0 Å². The van der Waals surface area contributed by atoms with Gasteiger partial charge in [-0.2, -0.15) is 4.98 Å². The molecular formula is C21H25N5O3. The molecule has 0 saturated carbocycles.